The van der Waals surface area contributed by atoms with Gasteiger partial charge in [0.1, 0.15) is 24.3 Å². The summed E-state index contributed by atoms with van der Waals surface area (Å²) in [7, 11) is 0. The van der Waals surface area contributed by atoms with E-state index in [0.29, 0.717) is 6.54 Å². The van der Waals surface area contributed by atoms with Crippen LogP contribution in [-0.2, 0) is 12.8 Å². The molecule has 0 aromatic heterocycles. The molecule has 29 heavy (non-hydrogen) atoms. The van der Waals surface area contributed by atoms with E-state index in [9.17, 15) is 14.6 Å². The molecular weight excluding hydrogens is 369 g/mol. The van der Waals surface area contributed by atoms with Crippen LogP contribution in [0.25, 0.3) is 0 Å². The fraction of sp³-hybridized carbons (Fsp3) is 0.500. The third-order valence-corrected chi connectivity index (χ3v) is 6.27. The van der Waals surface area contributed by atoms with Crippen molar-refractivity contribution in [3.8, 4) is 5.75 Å². The van der Waals surface area contributed by atoms with E-state index < -0.39 is 12.2 Å². The standard InChI is InChI=1S/C24H30FNO3/c25-21-7-4-18(5-8-21)24(28)19-10-12-26(13-11-19)15-22(27)16-29-23-9-6-17-2-1-3-20(17)14-23/h4-9,14,19,22,24,27-28H,1-3,10-13,15-16H2. The smallest absolute Gasteiger partial charge is 0.123 e. The molecule has 0 saturated carbocycles. The van der Waals surface area contributed by atoms with Gasteiger partial charge in [0.2, 0.25) is 0 Å². The van der Waals surface area contributed by atoms with E-state index in [2.05, 4.69) is 17.0 Å². The Hall–Kier alpha value is -1.95. The molecule has 2 N–H and O–H groups in total. The van der Waals surface area contributed by atoms with Gasteiger partial charge >= 0.3 is 0 Å². The highest BCUT2D eigenvalue weighted by Gasteiger charge is 2.27. The van der Waals surface area contributed by atoms with Crippen LogP contribution in [0.3, 0.4) is 0 Å². The molecule has 0 radical (unpaired) electrons. The van der Waals surface area contributed by atoms with Crippen molar-refractivity contribution in [2.45, 2.75) is 44.3 Å². The Morgan fingerprint density at radius 1 is 1.00 bits per heavy atom. The van der Waals surface area contributed by atoms with Gasteiger partial charge in [-0.2, -0.15) is 0 Å². The van der Waals surface area contributed by atoms with E-state index in [0.717, 1.165) is 50.1 Å². The maximum Gasteiger partial charge on any atom is 0.123 e. The highest BCUT2D eigenvalue weighted by Crippen LogP contribution is 2.31. The summed E-state index contributed by atoms with van der Waals surface area (Å²) >= 11 is 0. The highest BCUT2D eigenvalue weighted by atomic mass is 19.1. The van der Waals surface area contributed by atoms with E-state index >= 15 is 0 Å². The molecule has 2 aliphatic rings. The number of halogens is 1. The van der Waals surface area contributed by atoms with Gasteiger partial charge in [-0.05, 0) is 92.1 Å². The Kier molecular flexibility index (Phi) is 6.48. The topological polar surface area (TPSA) is 52.9 Å². The number of nitrogens with zero attached hydrogens (tertiary/aromatic N) is 1. The predicted octanol–water partition coefficient (Wildman–Crippen LogP) is 3.50. The number of ether oxygens (including phenoxy) is 1. The molecule has 2 atom stereocenters. The van der Waals surface area contributed by atoms with Crippen LogP contribution in [0.2, 0.25) is 0 Å². The third-order valence-electron chi connectivity index (χ3n) is 6.27. The van der Waals surface area contributed by atoms with Crippen LogP contribution < -0.4 is 4.74 Å². The summed E-state index contributed by atoms with van der Waals surface area (Å²) in [5.41, 5.74) is 3.56. The highest BCUT2D eigenvalue weighted by molar-refractivity contribution is 5.38. The zero-order chi connectivity index (χ0) is 20.2. The van der Waals surface area contributed by atoms with Crippen LogP contribution in [0.15, 0.2) is 42.5 Å². The van der Waals surface area contributed by atoms with Gasteiger partial charge in [-0.25, -0.2) is 4.39 Å². The quantitative estimate of drug-likeness (QED) is 0.748. The van der Waals surface area contributed by atoms with Crippen molar-refractivity contribution in [2.75, 3.05) is 26.2 Å². The van der Waals surface area contributed by atoms with E-state index in [1.54, 1.807) is 12.1 Å². The third kappa shape index (κ3) is 5.16. The average molecular weight is 400 g/mol. The second kappa shape index (κ2) is 9.24. The maximum absolute atomic E-state index is 13.1. The fourth-order valence-corrected chi connectivity index (χ4v) is 4.56. The molecule has 2 unspecified atom stereocenters. The minimum atomic E-state index is -0.564. The molecule has 0 spiro atoms. The molecule has 2 aromatic rings. The lowest BCUT2D eigenvalue weighted by Gasteiger charge is -2.35. The van der Waals surface area contributed by atoms with Crippen molar-refractivity contribution >= 4 is 0 Å². The van der Waals surface area contributed by atoms with E-state index in [1.165, 1.54) is 29.7 Å². The Morgan fingerprint density at radius 3 is 2.48 bits per heavy atom. The first kappa shape index (κ1) is 20.3. The van der Waals surface area contributed by atoms with Crippen molar-refractivity contribution in [3.63, 3.8) is 0 Å². The zero-order valence-electron chi connectivity index (χ0n) is 16.8. The van der Waals surface area contributed by atoms with Gasteiger partial charge in [-0.15, -0.1) is 0 Å². The van der Waals surface area contributed by atoms with E-state index in [1.807, 2.05) is 6.07 Å². The van der Waals surface area contributed by atoms with Gasteiger partial charge in [-0.1, -0.05) is 18.2 Å². The molecule has 1 aliphatic carbocycles. The number of benzene rings is 2. The summed E-state index contributed by atoms with van der Waals surface area (Å²) in [6.45, 7) is 2.53. The van der Waals surface area contributed by atoms with Crippen LogP contribution in [0, 0.1) is 11.7 Å². The first-order valence-electron chi connectivity index (χ1n) is 10.7. The fourth-order valence-electron chi connectivity index (χ4n) is 4.56. The van der Waals surface area contributed by atoms with Gasteiger partial charge in [-0.3, -0.25) is 0 Å². The molecule has 0 amide bonds. The van der Waals surface area contributed by atoms with Crippen LogP contribution in [0.1, 0.15) is 42.1 Å². The molecule has 0 bridgehead atoms. The average Bonchev–Trinajstić information content (AvgIpc) is 3.21. The number of likely N-dealkylation sites (tertiary alicyclic amines) is 1. The van der Waals surface area contributed by atoms with Crippen LogP contribution in [0.4, 0.5) is 4.39 Å². The van der Waals surface area contributed by atoms with Crippen molar-refractivity contribution in [1.82, 2.24) is 4.90 Å². The number of fused-ring (bicyclic) bond motifs is 1. The zero-order valence-corrected chi connectivity index (χ0v) is 16.8. The number of aliphatic hydroxyl groups is 2. The molecule has 156 valence electrons. The Labute approximate surface area is 171 Å². The molecule has 4 rings (SSSR count). The van der Waals surface area contributed by atoms with Gasteiger partial charge in [0.15, 0.2) is 0 Å². The predicted molar refractivity (Wildman–Crippen MR) is 110 cm³/mol. The SMILES string of the molecule is OC(COc1ccc2c(c1)CCC2)CN1CCC(C(O)c2ccc(F)cc2)CC1. The second-order valence-electron chi connectivity index (χ2n) is 8.38. The molecule has 2 aromatic carbocycles. The Balaban J connectivity index is 1.20. The summed E-state index contributed by atoms with van der Waals surface area (Å²) in [6.07, 6.45) is 4.10. The number of β-amino-alcohol motifs (C(OH)–C–C–N with tert-alkyl or cyclic N) is 1. The minimum Gasteiger partial charge on any atom is -0.491 e. The second-order valence-corrected chi connectivity index (χ2v) is 8.38. The number of hydrogen-bond donors (Lipinski definition) is 2. The molecule has 5 heteroatoms. The summed E-state index contributed by atoms with van der Waals surface area (Å²) in [5.74, 6) is 0.717. The minimum absolute atomic E-state index is 0.163. The van der Waals surface area contributed by atoms with Gasteiger partial charge in [0.05, 0.1) is 6.10 Å². The summed E-state index contributed by atoms with van der Waals surface area (Å²) < 4.78 is 18.9. The molecule has 1 fully saturated rings. The maximum atomic E-state index is 13.1. The first-order chi connectivity index (χ1) is 14.1. The lowest BCUT2D eigenvalue weighted by atomic mass is 9.87. The van der Waals surface area contributed by atoms with E-state index in [-0.39, 0.29) is 18.3 Å². The number of aryl methyl sites for hydroxylation is 2. The number of aliphatic hydroxyl groups excluding tert-OH is 2. The summed E-state index contributed by atoms with van der Waals surface area (Å²) in [4.78, 5) is 2.23. The molecule has 1 aliphatic heterocycles. The summed E-state index contributed by atoms with van der Waals surface area (Å²) in [6, 6.07) is 12.4. The normalized spacial score (nSPS) is 19.7. The van der Waals surface area contributed by atoms with Gasteiger partial charge in [0.25, 0.3) is 0 Å². The molecule has 4 nitrogen and oxygen atoms in total. The molecule has 1 saturated heterocycles. The van der Waals surface area contributed by atoms with Crippen LogP contribution >= 0.6 is 0 Å². The molecular formula is C24H30FNO3. The summed E-state index contributed by atoms with van der Waals surface area (Å²) in [5, 5.41) is 21.0. The molecule has 1 heterocycles. The number of rotatable bonds is 7. The van der Waals surface area contributed by atoms with E-state index in [4.69, 9.17) is 4.74 Å². The Bertz CT molecular complexity index is 802. The van der Waals surface area contributed by atoms with Crippen LogP contribution in [0.5, 0.6) is 5.75 Å². The number of piperidine rings is 1. The van der Waals surface area contributed by atoms with Gasteiger partial charge < -0.3 is 19.8 Å². The lowest BCUT2D eigenvalue weighted by Crippen LogP contribution is -2.41. The van der Waals surface area contributed by atoms with Crippen molar-refractivity contribution < 1.29 is 19.3 Å². The van der Waals surface area contributed by atoms with Crippen LogP contribution in [-0.4, -0.2) is 47.5 Å². The Morgan fingerprint density at radius 2 is 1.72 bits per heavy atom. The number of hydrogen-bond acceptors (Lipinski definition) is 4. The van der Waals surface area contributed by atoms with Crippen molar-refractivity contribution in [1.29, 1.82) is 0 Å². The lowest BCUT2D eigenvalue weighted by molar-refractivity contribution is 0.0278. The first-order valence-corrected chi connectivity index (χ1v) is 10.7. The largest absolute Gasteiger partial charge is 0.491 e. The monoisotopic (exact) mass is 399 g/mol. The van der Waals surface area contributed by atoms with Crippen molar-refractivity contribution in [2.24, 2.45) is 5.92 Å². The van der Waals surface area contributed by atoms with Crippen molar-refractivity contribution in [3.05, 3.63) is 65.0 Å². The van der Waals surface area contributed by atoms with Gasteiger partial charge in [0, 0.05) is 6.54 Å².